The van der Waals surface area contributed by atoms with Crippen LogP contribution in [0, 0.1) is 0 Å². The van der Waals surface area contributed by atoms with Crippen molar-refractivity contribution in [3.63, 3.8) is 0 Å². The third-order valence-electron chi connectivity index (χ3n) is 7.53. The minimum absolute atomic E-state index is 0.0559. The van der Waals surface area contributed by atoms with Gasteiger partial charge in [-0.3, -0.25) is 0 Å². The predicted molar refractivity (Wildman–Crippen MR) is 162 cm³/mol. The van der Waals surface area contributed by atoms with Crippen molar-refractivity contribution in [2.75, 3.05) is 78.8 Å². The number of fused-ring (bicyclic) bond motifs is 2. The van der Waals surface area contributed by atoms with Crippen LogP contribution < -0.4 is 0 Å². The van der Waals surface area contributed by atoms with E-state index in [1.165, 1.54) is 6.42 Å². The molecule has 4 saturated heterocycles. The molecule has 4 fully saturated rings. The van der Waals surface area contributed by atoms with Crippen LogP contribution in [0.2, 0.25) is 0 Å². The molecule has 0 aromatic carbocycles. The maximum Gasteiger partial charge on any atom is 0.410 e. The van der Waals surface area contributed by atoms with Crippen LogP contribution in [0.4, 0.5) is 14.4 Å². The molecule has 15 nitrogen and oxygen atoms in total. The first-order chi connectivity index (χ1) is 21.0. The molecule has 4 rings (SSSR count). The quantitative estimate of drug-likeness (QED) is 0.277. The van der Waals surface area contributed by atoms with Crippen molar-refractivity contribution < 1.29 is 48.0 Å². The van der Waals surface area contributed by atoms with Gasteiger partial charge in [-0.05, 0) is 60.8 Å². The van der Waals surface area contributed by atoms with Crippen LogP contribution in [0.25, 0.3) is 0 Å². The van der Waals surface area contributed by atoms with Gasteiger partial charge in [-0.2, -0.15) is 0 Å². The average molecular weight is 642 g/mol. The Hall–Kier alpha value is -3.33. The van der Waals surface area contributed by atoms with E-state index in [0.717, 1.165) is 25.9 Å². The zero-order chi connectivity index (χ0) is 33.4. The number of urea groups is 2. The smallest absolute Gasteiger partial charge is 0.410 e. The van der Waals surface area contributed by atoms with Crippen molar-refractivity contribution in [1.82, 2.24) is 24.5 Å². The third-order valence-corrected chi connectivity index (χ3v) is 7.53. The molecule has 4 aliphatic heterocycles. The highest BCUT2D eigenvalue weighted by molar-refractivity contribution is 5.78. The molecule has 4 aliphatic rings. The molecular weight excluding hydrogens is 590 g/mol. The minimum Gasteiger partial charge on any atom is -0.480 e. The molecule has 4 heterocycles. The molecule has 0 aliphatic carbocycles. The number of carbonyl (C=O) groups is 5. The molecule has 0 bridgehead atoms. The van der Waals surface area contributed by atoms with Crippen LogP contribution in [0.1, 0.15) is 60.8 Å². The van der Waals surface area contributed by atoms with Gasteiger partial charge in [0.25, 0.3) is 0 Å². The predicted octanol–water partition coefficient (Wildman–Crippen LogP) is 2.08. The highest BCUT2D eigenvalue weighted by Crippen LogP contribution is 2.25. The number of carboxylic acid groups (broad SMARTS) is 1. The molecule has 256 valence electrons. The molecule has 0 aromatic heterocycles. The van der Waals surface area contributed by atoms with E-state index in [9.17, 15) is 24.0 Å². The minimum atomic E-state index is -0.977. The van der Waals surface area contributed by atoms with E-state index in [0.29, 0.717) is 51.9 Å². The van der Waals surface area contributed by atoms with E-state index < -0.39 is 23.1 Å². The van der Waals surface area contributed by atoms with Crippen LogP contribution >= 0.6 is 0 Å². The Morgan fingerprint density at radius 1 is 0.733 bits per heavy atom. The fourth-order valence-corrected chi connectivity index (χ4v) is 5.64. The van der Waals surface area contributed by atoms with Gasteiger partial charge in [0.15, 0.2) is 0 Å². The lowest BCUT2D eigenvalue weighted by Crippen LogP contribution is -2.54. The molecule has 2 atom stereocenters. The number of rotatable bonds is 10. The van der Waals surface area contributed by atoms with Crippen LogP contribution in [-0.4, -0.2) is 162 Å². The number of hydrogen-bond acceptors (Lipinski definition) is 9. The van der Waals surface area contributed by atoms with Gasteiger partial charge in [0.2, 0.25) is 0 Å². The lowest BCUT2D eigenvalue weighted by Gasteiger charge is -2.37. The fraction of sp³-hybridized carbons (Fsp3) is 0.833. The second-order valence-electron chi connectivity index (χ2n) is 13.7. The number of amides is 5. The normalized spacial score (nSPS) is 21.7. The zero-order valence-corrected chi connectivity index (χ0v) is 27.6. The topological polar surface area (TPSA) is 159 Å². The number of piperazine rings is 1. The zero-order valence-electron chi connectivity index (χ0n) is 27.6. The summed E-state index contributed by atoms with van der Waals surface area (Å²) in [5.41, 5.74) is -1.09. The number of carbonyl (C=O) groups excluding carboxylic acids is 4. The third kappa shape index (κ3) is 11.5. The van der Waals surface area contributed by atoms with Crippen molar-refractivity contribution >= 4 is 30.1 Å². The largest absolute Gasteiger partial charge is 0.480 e. The molecule has 5 amide bonds. The lowest BCUT2D eigenvalue weighted by atomic mass is 10.0. The highest BCUT2D eigenvalue weighted by Gasteiger charge is 2.42. The first-order valence-corrected chi connectivity index (χ1v) is 15.7. The number of aliphatic carboxylic acids is 1. The van der Waals surface area contributed by atoms with E-state index in [4.69, 9.17) is 24.1 Å². The monoisotopic (exact) mass is 641 g/mol. The lowest BCUT2D eigenvalue weighted by molar-refractivity contribution is -0.160. The highest BCUT2D eigenvalue weighted by atomic mass is 16.6. The molecule has 0 aromatic rings. The Balaban J connectivity index is 0.000000276. The number of ether oxygens (including phenoxy) is 4. The van der Waals surface area contributed by atoms with Crippen LogP contribution in [0.15, 0.2) is 0 Å². The number of carboxylic acids is 1. The summed E-state index contributed by atoms with van der Waals surface area (Å²) in [5.74, 6) is -1.40. The Bertz CT molecular complexity index is 1060. The van der Waals surface area contributed by atoms with Crippen LogP contribution in [0.5, 0.6) is 0 Å². The summed E-state index contributed by atoms with van der Waals surface area (Å²) in [4.78, 5) is 67.5. The van der Waals surface area contributed by atoms with Crippen LogP contribution in [0.3, 0.4) is 0 Å². The Morgan fingerprint density at radius 3 is 1.84 bits per heavy atom. The van der Waals surface area contributed by atoms with Gasteiger partial charge < -0.3 is 48.6 Å². The molecule has 1 N–H and O–H groups in total. The van der Waals surface area contributed by atoms with Gasteiger partial charge in [0, 0.05) is 52.4 Å². The Morgan fingerprint density at radius 2 is 1.29 bits per heavy atom. The average Bonchev–Trinajstić information content (AvgIpc) is 3.43. The first-order valence-electron chi connectivity index (χ1n) is 15.7. The van der Waals surface area contributed by atoms with Crippen molar-refractivity contribution in [2.45, 2.75) is 84.1 Å². The molecular formula is C30H51N5O10. The van der Waals surface area contributed by atoms with Gasteiger partial charge in [-0.1, -0.05) is 0 Å². The molecule has 45 heavy (non-hydrogen) atoms. The van der Waals surface area contributed by atoms with E-state index in [-0.39, 0.29) is 44.0 Å². The number of hydrogen-bond donors (Lipinski definition) is 1. The summed E-state index contributed by atoms with van der Waals surface area (Å²) in [6.45, 7) is 15.4. The Kier molecular flexibility index (Phi) is 12.7. The molecule has 2 unspecified atom stereocenters. The molecule has 0 saturated carbocycles. The number of nitrogens with zero attached hydrogens (tertiary/aromatic N) is 5. The van der Waals surface area contributed by atoms with Crippen LogP contribution in [-0.2, 0) is 28.5 Å². The number of esters is 1. The van der Waals surface area contributed by atoms with E-state index in [1.807, 2.05) is 25.7 Å². The van der Waals surface area contributed by atoms with E-state index >= 15 is 0 Å². The van der Waals surface area contributed by atoms with Crippen molar-refractivity contribution in [2.24, 2.45) is 0 Å². The first kappa shape index (κ1) is 36.1. The van der Waals surface area contributed by atoms with Gasteiger partial charge in [-0.15, -0.1) is 0 Å². The Labute approximate surface area is 265 Å². The van der Waals surface area contributed by atoms with Crippen molar-refractivity contribution in [1.29, 1.82) is 0 Å². The maximum absolute atomic E-state index is 12.5. The van der Waals surface area contributed by atoms with Gasteiger partial charge in [-0.25, -0.2) is 24.0 Å². The second-order valence-corrected chi connectivity index (χ2v) is 13.7. The summed E-state index contributed by atoms with van der Waals surface area (Å²) >= 11 is 0. The molecule has 15 heteroatoms. The standard InChI is InChI=1S/C19H33N3O6.C11H18N2O4/c1-18(2,3)27-15(23)13-26-10-9-20-11-14-12-21(7-8-22(14)16(20)24)17(25)28-19(4,5)6;14-10(15)8-17-6-5-12-7-9-3-1-2-4-13(9)11(12)16/h14H,7-13H2,1-6H3;9H,1-8H2,(H,14,15). The van der Waals surface area contributed by atoms with Gasteiger partial charge >= 0.3 is 30.1 Å². The summed E-state index contributed by atoms with van der Waals surface area (Å²) in [6, 6.07) is 0.318. The van der Waals surface area contributed by atoms with E-state index in [1.54, 1.807) is 40.4 Å². The van der Waals surface area contributed by atoms with Gasteiger partial charge in [0.1, 0.15) is 24.4 Å². The summed E-state index contributed by atoms with van der Waals surface area (Å²) in [6.07, 6.45) is 3.01. The second kappa shape index (κ2) is 15.8. The summed E-state index contributed by atoms with van der Waals surface area (Å²) in [5, 5.41) is 8.41. The number of piperidine rings is 1. The molecule has 0 radical (unpaired) electrons. The van der Waals surface area contributed by atoms with E-state index in [2.05, 4.69) is 0 Å². The van der Waals surface area contributed by atoms with Crippen molar-refractivity contribution in [3.05, 3.63) is 0 Å². The van der Waals surface area contributed by atoms with Gasteiger partial charge in [0.05, 0.1) is 25.3 Å². The fourth-order valence-electron chi connectivity index (χ4n) is 5.64. The maximum atomic E-state index is 12.5. The molecule has 0 spiro atoms. The summed E-state index contributed by atoms with van der Waals surface area (Å²) < 4.78 is 20.9. The van der Waals surface area contributed by atoms with Crippen molar-refractivity contribution in [3.8, 4) is 0 Å². The SMILES string of the molecule is CC(C)(C)OC(=O)COCCN1CC2CN(C(=O)OC(C)(C)C)CCN2C1=O.O=C(O)COCCN1CC2CCCCN2C1=O. The summed E-state index contributed by atoms with van der Waals surface area (Å²) in [7, 11) is 0.